The molecule has 3 aromatic rings. The number of pyridine rings is 1. The smallest absolute Gasteiger partial charge is 0.284 e. The van der Waals surface area contributed by atoms with E-state index in [9.17, 15) is 13.6 Å². The SMILES string of the molecule is CC1(C)CN(CC2=NCC(F)(F)CN2)[C@H](C(=O)Nc2cc(Cl)cc3c2[nH]c2cnccc23)CO1. The molecule has 3 N–H and O–H groups in total. The van der Waals surface area contributed by atoms with Crippen LogP contribution in [0.1, 0.15) is 13.8 Å². The number of H-pyrrole nitrogens is 1. The summed E-state index contributed by atoms with van der Waals surface area (Å²) >= 11 is 6.37. The van der Waals surface area contributed by atoms with E-state index in [0.717, 1.165) is 21.8 Å². The quantitative estimate of drug-likeness (QED) is 0.521. The minimum atomic E-state index is -2.86. The number of alkyl halides is 2. The van der Waals surface area contributed by atoms with Gasteiger partial charge in [-0.1, -0.05) is 11.6 Å². The number of aromatic amines is 1. The van der Waals surface area contributed by atoms with Gasteiger partial charge in [-0.15, -0.1) is 0 Å². The third kappa shape index (κ3) is 4.57. The van der Waals surface area contributed by atoms with Crippen molar-refractivity contribution in [3.8, 4) is 0 Å². The van der Waals surface area contributed by atoms with Gasteiger partial charge >= 0.3 is 0 Å². The number of hydrogen-bond acceptors (Lipinski definition) is 6. The number of nitrogens with zero attached hydrogens (tertiary/aromatic N) is 3. The average Bonchev–Trinajstić information content (AvgIpc) is 3.13. The second kappa shape index (κ2) is 8.44. The first-order chi connectivity index (χ1) is 16.1. The lowest BCUT2D eigenvalue weighted by atomic mass is 10.0. The van der Waals surface area contributed by atoms with Gasteiger partial charge < -0.3 is 20.4 Å². The molecule has 0 spiro atoms. The number of benzene rings is 1. The van der Waals surface area contributed by atoms with Crippen LogP contribution in [0, 0.1) is 0 Å². The van der Waals surface area contributed by atoms with E-state index in [1.807, 2.05) is 30.9 Å². The molecule has 0 unspecified atom stereocenters. The largest absolute Gasteiger partial charge is 0.372 e. The molecule has 8 nitrogen and oxygen atoms in total. The van der Waals surface area contributed by atoms with Gasteiger partial charge in [-0.05, 0) is 32.0 Å². The van der Waals surface area contributed by atoms with E-state index in [-0.39, 0.29) is 19.1 Å². The molecular weight excluding hydrogens is 466 g/mol. The average molecular weight is 491 g/mol. The van der Waals surface area contributed by atoms with Crippen molar-refractivity contribution in [1.82, 2.24) is 20.2 Å². The molecule has 0 aliphatic carbocycles. The molecule has 0 bridgehead atoms. The summed E-state index contributed by atoms with van der Waals surface area (Å²) in [6, 6.07) is 4.78. The predicted octanol–water partition coefficient (Wildman–Crippen LogP) is 3.42. The summed E-state index contributed by atoms with van der Waals surface area (Å²) in [4.78, 5) is 26.8. The molecule has 2 aliphatic rings. The van der Waals surface area contributed by atoms with Gasteiger partial charge in [0.15, 0.2) is 0 Å². The molecular formula is C23H25ClF2N6O2. The normalized spacial score (nSPS) is 22.4. The molecule has 1 fully saturated rings. The maximum atomic E-state index is 13.5. The third-order valence-corrected chi connectivity index (χ3v) is 6.31. The van der Waals surface area contributed by atoms with E-state index in [2.05, 4.69) is 25.6 Å². The topological polar surface area (TPSA) is 94.6 Å². The highest BCUT2D eigenvalue weighted by atomic mass is 35.5. The number of hydrogen-bond donors (Lipinski definition) is 3. The number of nitrogens with one attached hydrogen (secondary N) is 3. The lowest BCUT2D eigenvalue weighted by molar-refractivity contribution is -0.141. The van der Waals surface area contributed by atoms with Gasteiger partial charge in [0.05, 0.1) is 48.2 Å². The van der Waals surface area contributed by atoms with Crippen molar-refractivity contribution in [1.29, 1.82) is 0 Å². The molecule has 34 heavy (non-hydrogen) atoms. The Morgan fingerprint density at radius 2 is 2.18 bits per heavy atom. The molecule has 11 heteroatoms. The van der Waals surface area contributed by atoms with Crippen molar-refractivity contribution in [3.05, 3.63) is 35.6 Å². The zero-order valence-corrected chi connectivity index (χ0v) is 19.5. The number of ether oxygens (including phenoxy) is 1. The summed E-state index contributed by atoms with van der Waals surface area (Å²) in [6.07, 6.45) is 3.42. The van der Waals surface area contributed by atoms with Gasteiger partial charge in [0.2, 0.25) is 5.91 Å². The minimum absolute atomic E-state index is 0.155. The molecule has 1 amide bonds. The van der Waals surface area contributed by atoms with E-state index in [4.69, 9.17) is 16.3 Å². The molecule has 0 radical (unpaired) electrons. The maximum Gasteiger partial charge on any atom is 0.284 e. The van der Waals surface area contributed by atoms with Gasteiger partial charge in [-0.25, -0.2) is 8.78 Å². The molecule has 2 aliphatic heterocycles. The number of amides is 1. The second-order valence-corrected chi connectivity index (χ2v) is 9.81. The number of aromatic nitrogens is 2. The monoisotopic (exact) mass is 490 g/mol. The van der Waals surface area contributed by atoms with Crippen LogP contribution in [0.15, 0.2) is 35.6 Å². The number of anilines is 1. The highest BCUT2D eigenvalue weighted by Gasteiger charge is 2.39. The Labute approximate surface area is 199 Å². The van der Waals surface area contributed by atoms with Gasteiger partial charge in [0.25, 0.3) is 5.92 Å². The van der Waals surface area contributed by atoms with E-state index in [0.29, 0.717) is 23.1 Å². The van der Waals surface area contributed by atoms with Crippen LogP contribution in [0.3, 0.4) is 0 Å². The number of morpholine rings is 1. The van der Waals surface area contributed by atoms with Crippen LogP contribution in [0.5, 0.6) is 0 Å². The first-order valence-corrected chi connectivity index (χ1v) is 11.4. The number of halogens is 3. The zero-order valence-electron chi connectivity index (χ0n) is 18.8. The minimum Gasteiger partial charge on any atom is -0.372 e. The summed E-state index contributed by atoms with van der Waals surface area (Å²) in [6.45, 7) is 3.66. The third-order valence-electron chi connectivity index (χ3n) is 6.10. The Morgan fingerprint density at radius 1 is 1.35 bits per heavy atom. The Hall–Kier alpha value is -2.82. The van der Waals surface area contributed by atoms with Crippen molar-refractivity contribution in [2.45, 2.75) is 31.4 Å². The highest BCUT2D eigenvalue weighted by molar-refractivity contribution is 6.33. The van der Waals surface area contributed by atoms with Crippen molar-refractivity contribution >= 4 is 50.8 Å². The number of rotatable bonds is 4. The van der Waals surface area contributed by atoms with Gasteiger partial charge in [-0.3, -0.25) is 19.7 Å². The number of aliphatic imine (C=N–C) groups is 1. The van der Waals surface area contributed by atoms with Crippen LogP contribution < -0.4 is 10.6 Å². The van der Waals surface area contributed by atoms with Gasteiger partial charge in [0, 0.05) is 28.5 Å². The molecule has 0 saturated carbocycles. The fraction of sp³-hybridized carbons (Fsp3) is 0.435. The highest BCUT2D eigenvalue weighted by Crippen LogP contribution is 2.33. The van der Waals surface area contributed by atoms with Crippen LogP contribution in [0.2, 0.25) is 5.02 Å². The Morgan fingerprint density at radius 3 is 2.94 bits per heavy atom. The fourth-order valence-corrected chi connectivity index (χ4v) is 4.67. The van der Waals surface area contributed by atoms with Crippen molar-refractivity contribution < 1.29 is 18.3 Å². The summed E-state index contributed by atoms with van der Waals surface area (Å²) in [5.74, 6) is -2.70. The van der Waals surface area contributed by atoms with Gasteiger partial charge in [0.1, 0.15) is 18.4 Å². The predicted molar refractivity (Wildman–Crippen MR) is 128 cm³/mol. The molecule has 2 aromatic heterocycles. The van der Waals surface area contributed by atoms with E-state index in [1.165, 1.54) is 0 Å². The first-order valence-electron chi connectivity index (χ1n) is 11.0. The molecule has 1 saturated heterocycles. The van der Waals surface area contributed by atoms with Gasteiger partial charge in [-0.2, -0.15) is 0 Å². The van der Waals surface area contributed by atoms with Crippen LogP contribution >= 0.6 is 11.6 Å². The van der Waals surface area contributed by atoms with E-state index >= 15 is 0 Å². The van der Waals surface area contributed by atoms with Crippen molar-refractivity contribution in [3.63, 3.8) is 0 Å². The molecule has 180 valence electrons. The molecule has 4 heterocycles. The van der Waals surface area contributed by atoms with Crippen LogP contribution in [0.25, 0.3) is 21.8 Å². The Balaban J connectivity index is 1.41. The number of fused-ring (bicyclic) bond motifs is 3. The van der Waals surface area contributed by atoms with E-state index in [1.54, 1.807) is 18.5 Å². The summed E-state index contributed by atoms with van der Waals surface area (Å²) in [5.41, 5.74) is 1.62. The Bertz CT molecular complexity index is 1290. The zero-order chi connectivity index (χ0) is 24.1. The van der Waals surface area contributed by atoms with Crippen LogP contribution in [-0.4, -0.2) is 77.0 Å². The van der Waals surface area contributed by atoms with Crippen molar-refractivity contribution in [2.75, 3.05) is 38.1 Å². The fourth-order valence-electron chi connectivity index (χ4n) is 4.45. The molecule has 5 rings (SSSR count). The number of carbonyl (C=O) groups excluding carboxylic acids is 1. The summed E-state index contributed by atoms with van der Waals surface area (Å²) in [5, 5.41) is 7.99. The lowest BCUT2D eigenvalue weighted by Crippen LogP contribution is -2.60. The maximum absolute atomic E-state index is 13.5. The van der Waals surface area contributed by atoms with E-state index < -0.39 is 30.7 Å². The Kier molecular flexibility index (Phi) is 5.70. The van der Waals surface area contributed by atoms with Crippen LogP contribution in [0.4, 0.5) is 14.5 Å². The standard InChI is InChI=1S/C23H25ClF2N6O2/c1-22(2)12-32(8-19-28-10-23(25,26)11-29-19)18(9-34-22)21(33)31-16-6-13(24)5-15-14-3-4-27-7-17(14)30-20(15)16/h3-7,18,30H,8-12H2,1-2H3,(H,28,29)(H,31,33)/t18-/m0/s1. The van der Waals surface area contributed by atoms with Crippen molar-refractivity contribution in [2.24, 2.45) is 4.99 Å². The summed E-state index contributed by atoms with van der Waals surface area (Å²) in [7, 11) is 0. The first kappa shape index (κ1) is 22.9. The molecule has 1 atom stereocenters. The second-order valence-electron chi connectivity index (χ2n) is 9.38. The molecule has 1 aromatic carbocycles. The van der Waals surface area contributed by atoms with Crippen LogP contribution in [-0.2, 0) is 9.53 Å². The lowest BCUT2D eigenvalue weighted by Gasteiger charge is -2.43. The number of amidine groups is 1. The number of carbonyl (C=O) groups is 1. The summed E-state index contributed by atoms with van der Waals surface area (Å²) < 4.78 is 32.9.